The molecule has 144 valence electrons. The molecule has 0 nitrogen and oxygen atoms in total. The molecule has 1 aromatic rings. The molecular formula is C24H34F2. The minimum Gasteiger partial charge on any atom is -0.173 e. The van der Waals surface area contributed by atoms with E-state index in [0.29, 0.717) is 30.3 Å². The SMILES string of the molecule is CCCCCCC[C@H]1CC[C@H](c2ccc(C3CC(=C(F)F)C3)cc2)CC1. The van der Waals surface area contributed by atoms with Gasteiger partial charge in [0, 0.05) is 0 Å². The van der Waals surface area contributed by atoms with Crippen molar-refractivity contribution in [3.8, 4) is 0 Å². The maximum Gasteiger partial charge on any atom is 0.269 e. The molecule has 0 aromatic heterocycles. The van der Waals surface area contributed by atoms with Crippen molar-refractivity contribution in [2.75, 3.05) is 0 Å². The van der Waals surface area contributed by atoms with E-state index in [1.807, 2.05) is 0 Å². The van der Waals surface area contributed by atoms with E-state index in [2.05, 4.69) is 31.2 Å². The zero-order chi connectivity index (χ0) is 18.4. The molecule has 2 fully saturated rings. The van der Waals surface area contributed by atoms with Crippen LogP contribution in [0.15, 0.2) is 35.9 Å². The number of halogens is 2. The topological polar surface area (TPSA) is 0 Å². The van der Waals surface area contributed by atoms with Crippen molar-refractivity contribution in [2.45, 2.75) is 95.8 Å². The van der Waals surface area contributed by atoms with Crippen LogP contribution in [0.3, 0.4) is 0 Å². The molecule has 0 bridgehead atoms. The van der Waals surface area contributed by atoms with Crippen LogP contribution in [-0.4, -0.2) is 0 Å². The molecule has 2 heteroatoms. The lowest BCUT2D eigenvalue weighted by atomic mass is 9.74. The highest BCUT2D eigenvalue weighted by Crippen LogP contribution is 2.44. The molecule has 2 aliphatic carbocycles. The van der Waals surface area contributed by atoms with E-state index in [9.17, 15) is 8.78 Å². The van der Waals surface area contributed by atoms with E-state index in [1.165, 1.54) is 75.3 Å². The van der Waals surface area contributed by atoms with Crippen LogP contribution in [0.2, 0.25) is 0 Å². The van der Waals surface area contributed by atoms with Gasteiger partial charge in [0.05, 0.1) is 0 Å². The molecule has 0 amide bonds. The van der Waals surface area contributed by atoms with Gasteiger partial charge in [0.15, 0.2) is 0 Å². The van der Waals surface area contributed by atoms with Gasteiger partial charge < -0.3 is 0 Å². The Hall–Kier alpha value is -1.18. The first-order chi connectivity index (χ1) is 12.7. The van der Waals surface area contributed by atoms with Crippen molar-refractivity contribution < 1.29 is 8.78 Å². The van der Waals surface area contributed by atoms with Crippen LogP contribution in [-0.2, 0) is 0 Å². The van der Waals surface area contributed by atoms with E-state index in [-0.39, 0.29) is 0 Å². The largest absolute Gasteiger partial charge is 0.269 e. The number of allylic oxidation sites excluding steroid dienone is 1. The Bertz CT molecular complexity index is 567. The van der Waals surface area contributed by atoms with Gasteiger partial charge in [-0.05, 0) is 73.0 Å². The summed E-state index contributed by atoms with van der Waals surface area (Å²) >= 11 is 0. The summed E-state index contributed by atoms with van der Waals surface area (Å²) in [5, 5.41) is 0. The van der Waals surface area contributed by atoms with Crippen LogP contribution in [0.1, 0.15) is 107 Å². The molecule has 0 aliphatic heterocycles. The van der Waals surface area contributed by atoms with Crippen molar-refractivity contribution >= 4 is 0 Å². The molecule has 0 heterocycles. The van der Waals surface area contributed by atoms with Gasteiger partial charge in [-0.3, -0.25) is 0 Å². The molecule has 2 saturated carbocycles. The molecule has 0 atom stereocenters. The van der Waals surface area contributed by atoms with Gasteiger partial charge in [-0.25, -0.2) is 0 Å². The monoisotopic (exact) mass is 360 g/mol. The van der Waals surface area contributed by atoms with Crippen LogP contribution in [0.5, 0.6) is 0 Å². The smallest absolute Gasteiger partial charge is 0.173 e. The average Bonchev–Trinajstić information content (AvgIpc) is 2.61. The highest BCUT2D eigenvalue weighted by Gasteiger charge is 2.28. The minimum atomic E-state index is -1.46. The third-order valence-corrected chi connectivity index (χ3v) is 6.69. The first-order valence-electron chi connectivity index (χ1n) is 10.8. The summed E-state index contributed by atoms with van der Waals surface area (Å²) in [6.45, 7) is 2.28. The maximum atomic E-state index is 12.5. The van der Waals surface area contributed by atoms with Gasteiger partial charge in [0.25, 0.3) is 6.08 Å². The van der Waals surface area contributed by atoms with Crippen LogP contribution < -0.4 is 0 Å². The van der Waals surface area contributed by atoms with Gasteiger partial charge in [0.2, 0.25) is 0 Å². The fraction of sp³-hybridized carbons (Fsp3) is 0.667. The molecule has 0 saturated heterocycles. The molecule has 0 radical (unpaired) electrons. The molecular weight excluding hydrogens is 326 g/mol. The highest BCUT2D eigenvalue weighted by molar-refractivity contribution is 5.33. The predicted octanol–water partition coefficient (Wildman–Crippen LogP) is 8.35. The maximum absolute atomic E-state index is 12.5. The van der Waals surface area contributed by atoms with Crippen molar-refractivity contribution in [2.24, 2.45) is 5.92 Å². The normalized spacial score (nSPS) is 25.8. The van der Waals surface area contributed by atoms with Crippen LogP contribution in [0.4, 0.5) is 8.78 Å². The van der Waals surface area contributed by atoms with Crippen LogP contribution in [0, 0.1) is 5.92 Å². The van der Waals surface area contributed by atoms with Crippen molar-refractivity contribution in [1.82, 2.24) is 0 Å². The number of rotatable bonds is 8. The quantitative estimate of drug-likeness (QED) is 0.409. The van der Waals surface area contributed by atoms with Crippen LogP contribution in [0.25, 0.3) is 0 Å². The highest BCUT2D eigenvalue weighted by atomic mass is 19.3. The molecule has 0 spiro atoms. The Balaban J connectivity index is 1.40. The third kappa shape index (κ3) is 5.18. The fourth-order valence-corrected chi connectivity index (χ4v) is 4.79. The molecule has 2 aliphatic rings. The van der Waals surface area contributed by atoms with E-state index in [4.69, 9.17) is 0 Å². The van der Waals surface area contributed by atoms with Gasteiger partial charge in [-0.1, -0.05) is 69.7 Å². The predicted molar refractivity (Wildman–Crippen MR) is 106 cm³/mol. The molecule has 3 rings (SSSR count). The molecule has 1 aromatic carbocycles. The second-order valence-electron chi connectivity index (χ2n) is 8.56. The van der Waals surface area contributed by atoms with E-state index in [1.54, 1.807) is 0 Å². The lowest BCUT2D eigenvalue weighted by Crippen LogP contribution is -2.15. The number of hydrogen-bond donors (Lipinski definition) is 0. The van der Waals surface area contributed by atoms with E-state index >= 15 is 0 Å². The number of unbranched alkanes of at least 4 members (excludes halogenated alkanes) is 4. The Labute approximate surface area is 158 Å². The van der Waals surface area contributed by atoms with Crippen molar-refractivity contribution in [3.05, 3.63) is 47.0 Å². The summed E-state index contributed by atoms with van der Waals surface area (Å²) in [7, 11) is 0. The Morgan fingerprint density at radius 3 is 1.96 bits per heavy atom. The first kappa shape index (κ1) is 19.6. The second-order valence-corrected chi connectivity index (χ2v) is 8.56. The van der Waals surface area contributed by atoms with Crippen molar-refractivity contribution in [3.63, 3.8) is 0 Å². The summed E-state index contributed by atoms with van der Waals surface area (Å²) in [5.41, 5.74) is 3.05. The Morgan fingerprint density at radius 1 is 0.808 bits per heavy atom. The summed E-state index contributed by atoms with van der Waals surface area (Å²) < 4.78 is 25.0. The molecule has 0 N–H and O–H groups in total. The van der Waals surface area contributed by atoms with Crippen molar-refractivity contribution in [1.29, 1.82) is 0 Å². The van der Waals surface area contributed by atoms with E-state index in [0.717, 1.165) is 5.92 Å². The second kappa shape index (κ2) is 9.67. The molecule has 0 unspecified atom stereocenters. The van der Waals surface area contributed by atoms with Crippen LogP contribution >= 0.6 is 0 Å². The zero-order valence-electron chi connectivity index (χ0n) is 16.3. The number of hydrogen-bond acceptors (Lipinski definition) is 0. The molecule has 26 heavy (non-hydrogen) atoms. The van der Waals surface area contributed by atoms with E-state index < -0.39 is 6.08 Å². The minimum absolute atomic E-state index is 0.309. The summed E-state index contributed by atoms with van der Waals surface area (Å²) in [4.78, 5) is 0. The lowest BCUT2D eigenvalue weighted by molar-refractivity contribution is 0.302. The number of benzene rings is 1. The van der Waals surface area contributed by atoms with Gasteiger partial charge in [0.1, 0.15) is 0 Å². The average molecular weight is 361 g/mol. The van der Waals surface area contributed by atoms with Gasteiger partial charge in [-0.15, -0.1) is 0 Å². The first-order valence-corrected chi connectivity index (χ1v) is 10.8. The van der Waals surface area contributed by atoms with Gasteiger partial charge >= 0.3 is 0 Å². The fourth-order valence-electron chi connectivity index (χ4n) is 4.79. The summed E-state index contributed by atoms with van der Waals surface area (Å²) in [6, 6.07) is 8.90. The third-order valence-electron chi connectivity index (χ3n) is 6.69. The lowest BCUT2D eigenvalue weighted by Gasteiger charge is -2.30. The summed E-state index contributed by atoms with van der Waals surface area (Å²) in [5.74, 6) is 1.97. The zero-order valence-corrected chi connectivity index (χ0v) is 16.3. The standard InChI is InChI=1S/C24H34F2/c1-2-3-4-5-6-7-18-8-10-19(11-9-18)20-12-14-21(15-13-20)22-16-23(17-22)24(25)26/h12-15,18-19,22H,2-11,16-17H2,1H3/t18-,19-. The Kier molecular flexibility index (Phi) is 7.28. The van der Waals surface area contributed by atoms with Gasteiger partial charge in [-0.2, -0.15) is 8.78 Å². The summed E-state index contributed by atoms with van der Waals surface area (Å²) in [6.07, 6.45) is 13.4. The Morgan fingerprint density at radius 2 is 1.38 bits per heavy atom.